The van der Waals surface area contributed by atoms with Gasteiger partial charge in [0.15, 0.2) is 12.4 Å². The number of esters is 1. The van der Waals surface area contributed by atoms with E-state index >= 15 is 0 Å². The molecule has 7 nitrogen and oxygen atoms in total. The highest BCUT2D eigenvalue weighted by Gasteiger charge is 2.22. The topological polar surface area (TPSA) is 103 Å². The Morgan fingerprint density at radius 1 is 1.33 bits per heavy atom. The minimum atomic E-state index is -0.922. The van der Waals surface area contributed by atoms with E-state index in [9.17, 15) is 14.4 Å². The zero-order chi connectivity index (χ0) is 19.4. The lowest BCUT2D eigenvalue weighted by Gasteiger charge is -2.16. The van der Waals surface area contributed by atoms with E-state index in [0.717, 1.165) is 28.6 Å². The van der Waals surface area contributed by atoms with Crippen LogP contribution in [0.5, 0.6) is 0 Å². The van der Waals surface area contributed by atoms with Gasteiger partial charge in [-0.2, -0.15) is 0 Å². The van der Waals surface area contributed by atoms with Crippen LogP contribution in [0.1, 0.15) is 40.9 Å². The van der Waals surface area contributed by atoms with Crippen LogP contribution in [0, 0.1) is 6.92 Å². The number of amides is 1. The molecule has 1 aliphatic heterocycles. The number of carbonyl (C=O) groups is 3. The number of likely N-dealkylation sites (tertiary alicyclic amines) is 1. The van der Waals surface area contributed by atoms with Gasteiger partial charge in [0.1, 0.15) is 6.04 Å². The van der Waals surface area contributed by atoms with E-state index in [1.165, 1.54) is 11.3 Å². The Kier molecular flexibility index (Phi) is 6.18. The molecule has 3 rings (SSSR count). The van der Waals surface area contributed by atoms with Crippen molar-refractivity contribution in [1.29, 1.82) is 0 Å². The number of hydrogen-bond donors (Lipinski definition) is 1. The number of rotatable bonds is 7. The molecule has 8 heteroatoms. The summed E-state index contributed by atoms with van der Waals surface area (Å²) >= 11 is 1.40. The number of fused-ring (bicyclic) bond motifs is 1. The molecule has 1 saturated heterocycles. The Hall–Kier alpha value is -2.32. The minimum Gasteiger partial charge on any atom is -0.454 e. The molecule has 144 valence electrons. The Morgan fingerprint density at radius 2 is 2.07 bits per heavy atom. The fourth-order valence-electron chi connectivity index (χ4n) is 3.03. The largest absolute Gasteiger partial charge is 0.454 e. The molecule has 0 unspecified atom stereocenters. The third-order valence-corrected chi connectivity index (χ3v) is 5.97. The van der Waals surface area contributed by atoms with Gasteiger partial charge in [0, 0.05) is 25.7 Å². The molecule has 2 aromatic heterocycles. The molecule has 27 heavy (non-hydrogen) atoms. The first-order valence-corrected chi connectivity index (χ1v) is 9.85. The maximum absolute atomic E-state index is 12.4. The summed E-state index contributed by atoms with van der Waals surface area (Å²) in [5, 5.41) is 0. The van der Waals surface area contributed by atoms with Gasteiger partial charge in [0.25, 0.3) is 5.91 Å². The Balaban J connectivity index is 1.47. The van der Waals surface area contributed by atoms with Gasteiger partial charge >= 0.3 is 5.97 Å². The summed E-state index contributed by atoms with van der Waals surface area (Å²) in [5.74, 6) is -0.921. The van der Waals surface area contributed by atoms with Crippen LogP contribution in [0.15, 0.2) is 18.3 Å². The fourth-order valence-corrected chi connectivity index (χ4v) is 4.08. The highest BCUT2D eigenvalue weighted by Crippen LogP contribution is 2.27. The van der Waals surface area contributed by atoms with Gasteiger partial charge in [0.2, 0.25) is 0 Å². The van der Waals surface area contributed by atoms with E-state index < -0.39 is 12.0 Å². The van der Waals surface area contributed by atoms with Crippen molar-refractivity contribution in [3.8, 4) is 0 Å². The molecule has 1 fully saturated rings. The van der Waals surface area contributed by atoms with Crippen molar-refractivity contribution in [2.45, 2.75) is 38.6 Å². The summed E-state index contributed by atoms with van der Waals surface area (Å²) in [4.78, 5) is 42.8. The quantitative estimate of drug-likeness (QED) is 0.574. The molecule has 1 aliphatic rings. The van der Waals surface area contributed by atoms with Crippen LogP contribution >= 0.6 is 11.3 Å². The maximum atomic E-state index is 12.4. The third-order valence-electron chi connectivity index (χ3n) is 4.67. The van der Waals surface area contributed by atoms with Crippen LogP contribution < -0.4 is 5.73 Å². The van der Waals surface area contributed by atoms with Crippen molar-refractivity contribution in [3.63, 3.8) is 0 Å². The van der Waals surface area contributed by atoms with Crippen molar-refractivity contribution in [1.82, 2.24) is 9.88 Å². The monoisotopic (exact) mass is 389 g/mol. The molecule has 1 amide bonds. The lowest BCUT2D eigenvalue weighted by Crippen LogP contribution is -2.37. The van der Waals surface area contributed by atoms with E-state index in [1.807, 2.05) is 13.0 Å². The average molecular weight is 389 g/mol. The van der Waals surface area contributed by atoms with Gasteiger partial charge in [-0.15, -0.1) is 11.3 Å². The minimum absolute atomic E-state index is 0.0752. The predicted molar refractivity (Wildman–Crippen MR) is 103 cm³/mol. The van der Waals surface area contributed by atoms with Crippen LogP contribution in [0.25, 0.3) is 10.2 Å². The van der Waals surface area contributed by atoms with Crippen molar-refractivity contribution >= 4 is 39.2 Å². The smallest absolute Gasteiger partial charge is 0.323 e. The predicted octanol–water partition coefficient (Wildman–Crippen LogP) is 2.06. The summed E-state index contributed by atoms with van der Waals surface area (Å²) in [6.07, 6.45) is 3.99. The molecule has 1 atom stereocenters. The van der Waals surface area contributed by atoms with Crippen LogP contribution in [-0.2, 0) is 14.3 Å². The first kappa shape index (κ1) is 19.4. The standard InChI is InChI=1S/C19H23N3O4S/c1-12-6-7-21-14-10-16(27-18(12)14)15(23)5-4-13(20)19(25)26-11-17(24)22-8-2-3-9-22/h6-7,10,13H,2-5,8-9,11,20H2,1H3/t13-/m1/s1. The number of hydrogen-bond acceptors (Lipinski definition) is 7. The number of ketones is 1. The number of ether oxygens (including phenoxy) is 1. The lowest BCUT2D eigenvalue weighted by molar-refractivity contribution is -0.152. The molecule has 0 spiro atoms. The molecule has 0 aromatic carbocycles. The summed E-state index contributed by atoms with van der Waals surface area (Å²) in [5.41, 5.74) is 7.70. The van der Waals surface area contributed by atoms with Gasteiger partial charge in [0.05, 0.1) is 15.1 Å². The molecule has 0 aliphatic carbocycles. The van der Waals surface area contributed by atoms with Gasteiger partial charge in [-0.25, -0.2) is 0 Å². The first-order chi connectivity index (χ1) is 13.0. The van der Waals surface area contributed by atoms with Crippen molar-refractivity contribution in [2.24, 2.45) is 5.73 Å². The number of carbonyl (C=O) groups excluding carboxylic acids is 3. The molecule has 2 N–H and O–H groups in total. The normalized spacial score (nSPS) is 15.1. The second-order valence-electron chi connectivity index (χ2n) is 6.72. The molecular formula is C19H23N3O4S. The van der Waals surface area contributed by atoms with Gasteiger partial charge in [-0.05, 0) is 43.9 Å². The van der Waals surface area contributed by atoms with Gasteiger partial charge in [-0.3, -0.25) is 19.4 Å². The lowest BCUT2D eigenvalue weighted by atomic mass is 10.1. The number of nitrogens with two attached hydrogens (primary N) is 1. The summed E-state index contributed by atoms with van der Waals surface area (Å²) < 4.78 is 6.00. The average Bonchev–Trinajstić information content (AvgIpc) is 3.33. The van der Waals surface area contributed by atoms with Gasteiger partial charge < -0.3 is 15.4 Å². The van der Waals surface area contributed by atoms with Gasteiger partial charge in [-0.1, -0.05) is 0 Å². The van der Waals surface area contributed by atoms with Crippen molar-refractivity contribution in [3.05, 3.63) is 28.8 Å². The van der Waals surface area contributed by atoms with E-state index in [-0.39, 0.29) is 31.1 Å². The maximum Gasteiger partial charge on any atom is 0.323 e. The molecule has 0 saturated carbocycles. The van der Waals surface area contributed by atoms with E-state index in [4.69, 9.17) is 10.5 Å². The highest BCUT2D eigenvalue weighted by atomic mass is 32.1. The summed E-state index contributed by atoms with van der Waals surface area (Å²) in [7, 11) is 0. The number of thiophene rings is 1. The molecule has 2 aromatic rings. The van der Waals surface area contributed by atoms with Crippen LogP contribution in [0.4, 0.5) is 0 Å². The van der Waals surface area contributed by atoms with Crippen LogP contribution in [-0.4, -0.2) is 53.3 Å². The summed E-state index contributed by atoms with van der Waals surface area (Å²) in [6, 6.07) is 2.76. The van der Waals surface area contributed by atoms with Crippen molar-refractivity contribution in [2.75, 3.05) is 19.7 Å². The Morgan fingerprint density at radius 3 is 2.78 bits per heavy atom. The first-order valence-electron chi connectivity index (χ1n) is 9.04. The molecule has 0 radical (unpaired) electrons. The molecule has 0 bridgehead atoms. The number of nitrogens with zero attached hydrogens (tertiary/aromatic N) is 2. The number of Topliss-reactive ketones (excluding diaryl/α,β-unsaturated/α-hetero) is 1. The Bertz CT molecular complexity index is 858. The molecular weight excluding hydrogens is 366 g/mol. The zero-order valence-electron chi connectivity index (χ0n) is 15.3. The van der Waals surface area contributed by atoms with E-state index in [2.05, 4.69) is 4.98 Å². The summed E-state index contributed by atoms with van der Waals surface area (Å²) in [6.45, 7) is 3.10. The second kappa shape index (κ2) is 8.58. The fraction of sp³-hybridized carbons (Fsp3) is 0.474. The third kappa shape index (κ3) is 4.70. The van der Waals surface area contributed by atoms with E-state index in [1.54, 1.807) is 17.2 Å². The number of aromatic nitrogens is 1. The zero-order valence-corrected chi connectivity index (χ0v) is 16.1. The van der Waals surface area contributed by atoms with Crippen LogP contribution in [0.3, 0.4) is 0 Å². The number of aryl methyl sites for hydroxylation is 1. The highest BCUT2D eigenvalue weighted by molar-refractivity contribution is 7.21. The molecule has 3 heterocycles. The Labute approximate surface area is 161 Å². The SMILES string of the molecule is Cc1ccnc2cc(C(=O)CC[C@@H](N)C(=O)OCC(=O)N3CCCC3)sc12. The van der Waals surface area contributed by atoms with E-state index in [0.29, 0.717) is 18.0 Å². The second-order valence-corrected chi connectivity index (χ2v) is 7.77. The van der Waals surface area contributed by atoms with Crippen LogP contribution in [0.2, 0.25) is 0 Å². The van der Waals surface area contributed by atoms with Crippen molar-refractivity contribution < 1.29 is 19.1 Å². The number of pyridine rings is 1.